The summed E-state index contributed by atoms with van der Waals surface area (Å²) < 4.78 is 0. The predicted octanol–water partition coefficient (Wildman–Crippen LogP) is 2.02. The Morgan fingerprint density at radius 1 is 1.24 bits per heavy atom. The molecule has 21 heavy (non-hydrogen) atoms. The molecular weight excluding hydrogens is 288 g/mol. The van der Waals surface area contributed by atoms with Crippen LogP contribution in [0.4, 0.5) is 5.69 Å². The number of H-pyrrole nitrogens is 1. The quantitative estimate of drug-likeness (QED) is 0.811. The molecule has 0 bridgehead atoms. The van der Waals surface area contributed by atoms with E-state index in [0.29, 0.717) is 11.7 Å². The molecule has 5 nitrogen and oxygen atoms in total. The van der Waals surface area contributed by atoms with Crippen LogP contribution in [0.25, 0.3) is 11.1 Å². The van der Waals surface area contributed by atoms with Crippen LogP contribution in [0.5, 0.6) is 0 Å². The molecule has 0 radical (unpaired) electrons. The van der Waals surface area contributed by atoms with Crippen LogP contribution in [0.3, 0.4) is 0 Å². The van der Waals surface area contributed by atoms with Crippen LogP contribution in [-0.2, 0) is 0 Å². The van der Waals surface area contributed by atoms with Crippen molar-refractivity contribution in [1.82, 2.24) is 15.3 Å². The fourth-order valence-electron chi connectivity index (χ4n) is 2.50. The molecule has 3 heterocycles. The smallest absolute Gasteiger partial charge is 0.271 e. The van der Waals surface area contributed by atoms with Crippen molar-refractivity contribution in [3.63, 3.8) is 0 Å². The van der Waals surface area contributed by atoms with Gasteiger partial charge in [-0.25, -0.2) is 0 Å². The summed E-state index contributed by atoms with van der Waals surface area (Å²) in [4.78, 5) is 18.7. The highest BCUT2D eigenvalue weighted by Crippen LogP contribution is 2.19. The number of nitrogens with zero attached hydrogens (tertiary/aromatic N) is 1. The number of halogens is 1. The molecule has 1 unspecified atom stereocenters. The molecule has 1 saturated heterocycles. The summed E-state index contributed by atoms with van der Waals surface area (Å²) in [5, 5.41) is 6.68. The topological polar surface area (TPSA) is 69.8 Å². The monoisotopic (exact) mass is 306 g/mol. The minimum Gasteiger partial charge on any atom is -0.377 e. The van der Waals surface area contributed by atoms with Gasteiger partial charge < -0.3 is 15.6 Å². The van der Waals surface area contributed by atoms with Gasteiger partial charge >= 0.3 is 0 Å². The zero-order valence-corrected chi connectivity index (χ0v) is 12.5. The Bertz CT molecular complexity index is 623. The van der Waals surface area contributed by atoms with Crippen LogP contribution in [0.1, 0.15) is 12.8 Å². The first-order valence-electron chi connectivity index (χ1n) is 6.93. The number of hydrogen-bond acceptors (Lipinski definition) is 4. The molecule has 0 aliphatic carbocycles. The molecule has 1 aliphatic heterocycles. The van der Waals surface area contributed by atoms with E-state index in [2.05, 4.69) is 20.6 Å². The molecule has 3 N–H and O–H groups in total. The Hall–Kier alpha value is -1.85. The maximum atomic E-state index is 11.9. The number of anilines is 1. The zero-order valence-electron chi connectivity index (χ0n) is 11.6. The lowest BCUT2D eigenvalue weighted by Crippen LogP contribution is -2.39. The number of hydrogen-bond donors (Lipinski definition) is 3. The van der Waals surface area contributed by atoms with E-state index in [1.54, 1.807) is 18.6 Å². The fraction of sp³-hybridized carbons (Fsp3) is 0.333. The van der Waals surface area contributed by atoms with Gasteiger partial charge in [0.2, 0.25) is 0 Å². The Morgan fingerprint density at radius 2 is 2.05 bits per heavy atom. The standard InChI is InChI=1S/C15H18N4O.ClH/c20-15-14(19-13-2-1-5-17-10-13)8-12(9-18-15)11-3-6-16-7-4-11;/h3-4,6-9,13,17,19H,1-2,5,10H2,(H,18,20);1H. The van der Waals surface area contributed by atoms with Gasteiger partial charge in [0, 0.05) is 36.7 Å². The van der Waals surface area contributed by atoms with Crippen molar-refractivity contribution in [3.05, 3.63) is 47.1 Å². The van der Waals surface area contributed by atoms with Gasteiger partial charge in [0.15, 0.2) is 0 Å². The predicted molar refractivity (Wildman–Crippen MR) is 87.1 cm³/mol. The summed E-state index contributed by atoms with van der Waals surface area (Å²) in [6.45, 7) is 1.96. The molecule has 0 saturated carbocycles. The van der Waals surface area contributed by atoms with Gasteiger partial charge in [0.1, 0.15) is 5.69 Å². The molecule has 0 spiro atoms. The lowest BCUT2D eigenvalue weighted by atomic mass is 10.1. The van der Waals surface area contributed by atoms with Crippen molar-refractivity contribution in [2.24, 2.45) is 0 Å². The summed E-state index contributed by atoms with van der Waals surface area (Å²) in [6, 6.07) is 6.08. The Balaban J connectivity index is 0.00000161. The summed E-state index contributed by atoms with van der Waals surface area (Å²) in [5.41, 5.74) is 2.58. The van der Waals surface area contributed by atoms with E-state index in [0.717, 1.165) is 37.1 Å². The molecule has 2 aromatic rings. The van der Waals surface area contributed by atoms with Gasteiger partial charge in [0.05, 0.1) is 0 Å². The third-order valence-corrected chi connectivity index (χ3v) is 3.57. The average Bonchev–Trinajstić information content (AvgIpc) is 2.51. The number of piperidine rings is 1. The Kier molecular flexibility index (Phi) is 5.36. The molecular formula is C15H19ClN4O. The van der Waals surface area contributed by atoms with E-state index in [4.69, 9.17) is 0 Å². The SMILES string of the molecule is Cl.O=c1[nH]cc(-c2ccncc2)cc1NC1CCCNC1. The van der Waals surface area contributed by atoms with Crippen molar-refractivity contribution in [1.29, 1.82) is 0 Å². The third kappa shape index (κ3) is 3.83. The van der Waals surface area contributed by atoms with Crippen LogP contribution < -0.4 is 16.2 Å². The summed E-state index contributed by atoms with van der Waals surface area (Å²) >= 11 is 0. The number of aromatic nitrogens is 2. The van der Waals surface area contributed by atoms with Crippen LogP contribution in [0, 0.1) is 0 Å². The first kappa shape index (κ1) is 15.5. The second-order valence-corrected chi connectivity index (χ2v) is 5.05. The minimum absolute atomic E-state index is 0. The minimum atomic E-state index is -0.0756. The highest BCUT2D eigenvalue weighted by atomic mass is 35.5. The van der Waals surface area contributed by atoms with Crippen LogP contribution >= 0.6 is 12.4 Å². The first-order chi connectivity index (χ1) is 9.83. The van der Waals surface area contributed by atoms with Crippen molar-refractivity contribution in [2.75, 3.05) is 18.4 Å². The van der Waals surface area contributed by atoms with Crippen molar-refractivity contribution in [2.45, 2.75) is 18.9 Å². The van der Waals surface area contributed by atoms with Gasteiger partial charge in [0.25, 0.3) is 5.56 Å². The van der Waals surface area contributed by atoms with Crippen molar-refractivity contribution >= 4 is 18.1 Å². The maximum Gasteiger partial charge on any atom is 0.271 e. The van der Waals surface area contributed by atoms with E-state index >= 15 is 0 Å². The number of aromatic amines is 1. The molecule has 1 fully saturated rings. The Morgan fingerprint density at radius 3 is 2.76 bits per heavy atom. The molecule has 3 rings (SSSR count). The highest BCUT2D eigenvalue weighted by molar-refractivity contribution is 5.85. The highest BCUT2D eigenvalue weighted by Gasteiger charge is 2.14. The van der Waals surface area contributed by atoms with Crippen molar-refractivity contribution < 1.29 is 0 Å². The second kappa shape index (κ2) is 7.24. The lowest BCUT2D eigenvalue weighted by Gasteiger charge is -2.24. The summed E-state index contributed by atoms with van der Waals surface area (Å²) in [6.07, 6.45) is 7.46. The normalized spacial score (nSPS) is 17.8. The van der Waals surface area contributed by atoms with E-state index in [1.165, 1.54) is 0 Å². The van der Waals surface area contributed by atoms with Crippen molar-refractivity contribution in [3.8, 4) is 11.1 Å². The van der Waals surface area contributed by atoms with Crippen LogP contribution in [0.2, 0.25) is 0 Å². The van der Waals surface area contributed by atoms with E-state index in [9.17, 15) is 4.79 Å². The van der Waals surface area contributed by atoms with E-state index in [-0.39, 0.29) is 18.0 Å². The molecule has 2 aromatic heterocycles. The second-order valence-electron chi connectivity index (χ2n) is 5.05. The molecule has 6 heteroatoms. The van der Waals surface area contributed by atoms with Crippen LogP contribution in [0.15, 0.2) is 41.6 Å². The molecule has 0 amide bonds. The summed E-state index contributed by atoms with van der Waals surface area (Å²) in [7, 11) is 0. The van der Waals surface area contributed by atoms with E-state index < -0.39 is 0 Å². The lowest BCUT2D eigenvalue weighted by molar-refractivity contribution is 0.479. The molecule has 0 aromatic carbocycles. The maximum absolute atomic E-state index is 11.9. The number of nitrogens with one attached hydrogen (secondary N) is 3. The molecule has 1 aliphatic rings. The average molecular weight is 307 g/mol. The van der Waals surface area contributed by atoms with Crippen LogP contribution in [-0.4, -0.2) is 29.1 Å². The van der Waals surface area contributed by atoms with Gasteiger partial charge in [-0.05, 0) is 43.1 Å². The number of pyridine rings is 2. The van der Waals surface area contributed by atoms with Gasteiger partial charge in [-0.2, -0.15) is 0 Å². The first-order valence-corrected chi connectivity index (χ1v) is 6.93. The molecule has 1 atom stereocenters. The van der Waals surface area contributed by atoms with Gasteiger partial charge in [-0.1, -0.05) is 0 Å². The van der Waals surface area contributed by atoms with Gasteiger partial charge in [-0.3, -0.25) is 9.78 Å². The van der Waals surface area contributed by atoms with Gasteiger partial charge in [-0.15, -0.1) is 12.4 Å². The fourth-order valence-corrected chi connectivity index (χ4v) is 2.50. The van der Waals surface area contributed by atoms with E-state index in [1.807, 2.05) is 18.2 Å². The zero-order chi connectivity index (χ0) is 13.8. The Labute approximate surface area is 129 Å². The largest absolute Gasteiger partial charge is 0.377 e. The number of rotatable bonds is 3. The molecule has 112 valence electrons. The summed E-state index contributed by atoms with van der Waals surface area (Å²) in [5.74, 6) is 0. The third-order valence-electron chi connectivity index (χ3n) is 3.57.